The summed E-state index contributed by atoms with van der Waals surface area (Å²) in [6, 6.07) is 2.80. The maximum Gasteiger partial charge on any atom is 0.350 e. The number of carboxylic acid groups (broad SMARTS) is 1. The molecule has 106 valence electrons. The summed E-state index contributed by atoms with van der Waals surface area (Å²) in [5.41, 5.74) is -0.180. The van der Waals surface area contributed by atoms with Gasteiger partial charge in [0, 0.05) is 6.20 Å². The number of carboxylic acids is 1. The minimum Gasteiger partial charge on any atom is -0.478 e. The van der Waals surface area contributed by atoms with E-state index in [1.165, 1.54) is 18.3 Å². The molecule has 1 N–H and O–H groups in total. The highest BCUT2D eigenvalue weighted by atomic mass is 16.5. The molecule has 0 aliphatic rings. The first-order valence-electron chi connectivity index (χ1n) is 6.01. The highest BCUT2D eigenvalue weighted by Gasteiger charge is 2.11. The van der Waals surface area contributed by atoms with E-state index in [4.69, 9.17) is 9.84 Å². The smallest absolute Gasteiger partial charge is 0.350 e. The number of esters is 1. The number of pyridine rings is 1. The number of carbonyl (C=O) groups is 2. The van der Waals surface area contributed by atoms with Crippen molar-refractivity contribution in [2.24, 2.45) is 0 Å². The molecule has 2 aromatic rings. The molecule has 8 heteroatoms. The van der Waals surface area contributed by atoms with Gasteiger partial charge in [-0.3, -0.25) is 4.79 Å². The van der Waals surface area contributed by atoms with Gasteiger partial charge < -0.3 is 9.84 Å². The number of carbonyl (C=O) groups excluding carboxylic acids is 1. The van der Waals surface area contributed by atoms with Gasteiger partial charge in [-0.1, -0.05) is 0 Å². The van der Waals surface area contributed by atoms with Crippen molar-refractivity contribution in [3.63, 3.8) is 0 Å². The zero-order chi connectivity index (χ0) is 14.7. The zero-order valence-electron chi connectivity index (χ0n) is 10.8. The van der Waals surface area contributed by atoms with Crippen molar-refractivity contribution in [3.05, 3.63) is 34.4 Å². The largest absolute Gasteiger partial charge is 0.478 e. The van der Waals surface area contributed by atoms with Crippen LogP contribution < -0.4 is 5.69 Å². The molecular weight excluding hydrogens is 266 g/mol. The quantitative estimate of drug-likeness (QED) is 0.781. The Kier molecular flexibility index (Phi) is 3.83. The molecule has 0 spiro atoms. The van der Waals surface area contributed by atoms with E-state index in [1.54, 1.807) is 6.92 Å². The van der Waals surface area contributed by atoms with Crippen molar-refractivity contribution in [2.45, 2.75) is 19.9 Å². The monoisotopic (exact) mass is 279 g/mol. The molecule has 2 heterocycles. The Balaban J connectivity index is 2.27. The van der Waals surface area contributed by atoms with Crippen LogP contribution in [-0.2, 0) is 16.1 Å². The van der Waals surface area contributed by atoms with E-state index < -0.39 is 17.6 Å². The minimum atomic E-state index is -1.13. The number of rotatable bonds is 5. The summed E-state index contributed by atoms with van der Waals surface area (Å²) in [6.07, 6.45) is 1.23. The first kappa shape index (κ1) is 13.8. The van der Waals surface area contributed by atoms with Crippen molar-refractivity contribution in [1.29, 1.82) is 0 Å². The number of hydrogen-bond donors (Lipinski definition) is 1. The number of aromatic nitrogens is 3. The number of aryl methyl sites for hydroxylation is 1. The van der Waals surface area contributed by atoms with Crippen molar-refractivity contribution in [1.82, 2.24) is 14.2 Å². The number of hydrogen-bond acceptors (Lipinski definition) is 5. The number of fused-ring (bicyclic) bond motifs is 1. The van der Waals surface area contributed by atoms with Crippen LogP contribution in [0.2, 0.25) is 0 Å². The van der Waals surface area contributed by atoms with Crippen LogP contribution in [0.15, 0.2) is 23.1 Å². The summed E-state index contributed by atoms with van der Waals surface area (Å²) < 4.78 is 7.00. The van der Waals surface area contributed by atoms with Gasteiger partial charge in [0.1, 0.15) is 0 Å². The standard InChI is InChI=1S/C12H13N3O5/c1-2-20-10(16)5-6-15-12(19)14-7-8(11(17)18)3-4-9(14)13-15/h3-4,7H,2,5-6H2,1H3,(H,17,18). The lowest BCUT2D eigenvalue weighted by molar-refractivity contribution is -0.143. The van der Waals surface area contributed by atoms with Crippen LogP contribution in [-0.4, -0.2) is 37.8 Å². The minimum absolute atomic E-state index is 0.00968. The van der Waals surface area contributed by atoms with Crippen molar-refractivity contribution in [3.8, 4) is 0 Å². The second-order valence-corrected chi connectivity index (χ2v) is 4.01. The molecule has 0 saturated carbocycles. The number of aromatic carboxylic acids is 1. The summed E-state index contributed by atoms with van der Waals surface area (Å²) in [5, 5.41) is 12.9. The van der Waals surface area contributed by atoms with Gasteiger partial charge in [0.05, 0.1) is 25.1 Å². The van der Waals surface area contributed by atoms with E-state index >= 15 is 0 Å². The Morgan fingerprint density at radius 2 is 2.15 bits per heavy atom. The van der Waals surface area contributed by atoms with Crippen molar-refractivity contribution in [2.75, 3.05) is 6.61 Å². The van der Waals surface area contributed by atoms with Crippen LogP contribution in [0.1, 0.15) is 23.7 Å². The number of nitrogens with zero attached hydrogens (tertiary/aromatic N) is 3. The lowest BCUT2D eigenvalue weighted by Crippen LogP contribution is -2.23. The van der Waals surface area contributed by atoms with Crippen LogP contribution in [0.4, 0.5) is 0 Å². The number of ether oxygens (including phenoxy) is 1. The van der Waals surface area contributed by atoms with Crippen molar-refractivity contribution < 1.29 is 19.4 Å². The van der Waals surface area contributed by atoms with Gasteiger partial charge in [-0.15, -0.1) is 5.10 Å². The molecule has 0 aromatic carbocycles. The Labute approximate surface area is 113 Å². The molecular formula is C12H13N3O5. The van der Waals surface area contributed by atoms with E-state index in [9.17, 15) is 14.4 Å². The summed E-state index contributed by atoms with van der Waals surface area (Å²) in [6.45, 7) is 2.06. The second-order valence-electron chi connectivity index (χ2n) is 4.01. The predicted molar refractivity (Wildman–Crippen MR) is 67.7 cm³/mol. The van der Waals surface area contributed by atoms with Crippen LogP contribution in [0, 0.1) is 0 Å². The lowest BCUT2D eigenvalue weighted by atomic mass is 10.3. The average Bonchev–Trinajstić information content (AvgIpc) is 2.73. The van der Waals surface area contributed by atoms with E-state index in [1.807, 2.05) is 0 Å². The molecule has 0 fully saturated rings. The Morgan fingerprint density at radius 3 is 2.80 bits per heavy atom. The molecule has 0 saturated heterocycles. The van der Waals surface area contributed by atoms with Crippen LogP contribution in [0.3, 0.4) is 0 Å². The third-order valence-corrected chi connectivity index (χ3v) is 2.66. The van der Waals surface area contributed by atoms with Gasteiger partial charge in [0.25, 0.3) is 0 Å². The fourth-order valence-electron chi connectivity index (χ4n) is 1.72. The summed E-state index contributed by atoms with van der Waals surface area (Å²) in [5.74, 6) is -1.54. The third kappa shape index (κ3) is 2.68. The van der Waals surface area contributed by atoms with E-state index in [2.05, 4.69) is 5.10 Å². The van der Waals surface area contributed by atoms with Gasteiger partial charge in [-0.2, -0.15) is 0 Å². The highest BCUT2D eigenvalue weighted by molar-refractivity contribution is 5.87. The summed E-state index contributed by atoms with van der Waals surface area (Å²) in [7, 11) is 0. The van der Waals surface area contributed by atoms with Gasteiger partial charge in [-0.05, 0) is 19.1 Å². The molecule has 0 atom stereocenters. The lowest BCUT2D eigenvalue weighted by Gasteiger charge is -2.00. The molecule has 0 aliphatic carbocycles. The molecule has 2 aromatic heterocycles. The molecule has 0 radical (unpaired) electrons. The van der Waals surface area contributed by atoms with Gasteiger partial charge in [0.2, 0.25) is 0 Å². The molecule has 8 nitrogen and oxygen atoms in total. The maximum absolute atomic E-state index is 12.0. The fraction of sp³-hybridized carbons (Fsp3) is 0.333. The molecule has 0 unspecified atom stereocenters. The zero-order valence-corrected chi connectivity index (χ0v) is 10.8. The predicted octanol–water partition coefficient (Wildman–Crippen LogP) is 0.147. The fourth-order valence-corrected chi connectivity index (χ4v) is 1.72. The Bertz CT molecular complexity index is 715. The Hall–Kier alpha value is -2.64. The van der Waals surface area contributed by atoms with Gasteiger partial charge in [0.15, 0.2) is 5.65 Å². The normalized spacial score (nSPS) is 10.7. The summed E-state index contributed by atoms with van der Waals surface area (Å²) >= 11 is 0. The molecule has 0 amide bonds. The average molecular weight is 279 g/mol. The highest BCUT2D eigenvalue weighted by Crippen LogP contribution is 2.02. The van der Waals surface area contributed by atoms with E-state index in [0.717, 1.165) is 9.08 Å². The molecule has 20 heavy (non-hydrogen) atoms. The van der Waals surface area contributed by atoms with Gasteiger partial charge >= 0.3 is 17.6 Å². The van der Waals surface area contributed by atoms with Crippen LogP contribution in [0.5, 0.6) is 0 Å². The third-order valence-electron chi connectivity index (χ3n) is 2.66. The molecule has 0 aliphatic heterocycles. The van der Waals surface area contributed by atoms with Crippen LogP contribution >= 0.6 is 0 Å². The van der Waals surface area contributed by atoms with E-state index in [-0.39, 0.29) is 25.1 Å². The maximum atomic E-state index is 12.0. The first-order valence-corrected chi connectivity index (χ1v) is 6.01. The van der Waals surface area contributed by atoms with Gasteiger partial charge in [-0.25, -0.2) is 18.7 Å². The SMILES string of the molecule is CCOC(=O)CCn1nc2ccc(C(=O)O)cn2c1=O. The van der Waals surface area contributed by atoms with Crippen molar-refractivity contribution >= 4 is 17.6 Å². The van der Waals surface area contributed by atoms with E-state index in [0.29, 0.717) is 5.65 Å². The topological polar surface area (TPSA) is 103 Å². The second kappa shape index (κ2) is 5.55. The van der Waals surface area contributed by atoms with Crippen LogP contribution in [0.25, 0.3) is 5.65 Å². The molecule has 2 rings (SSSR count). The molecule has 0 bridgehead atoms. The Morgan fingerprint density at radius 1 is 1.40 bits per heavy atom. The first-order chi connectivity index (χ1) is 9.52. The summed E-state index contributed by atoms with van der Waals surface area (Å²) in [4.78, 5) is 34.1.